The van der Waals surface area contributed by atoms with Gasteiger partial charge >= 0.3 is 0 Å². The lowest BCUT2D eigenvalue weighted by molar-refractivity contribution is -0.0725. The molecular weight excluding hydrogens is 272 g/mol. The molecule has 1 heterocycles. The van der Waals surface area contributed by atoms with E-state index in [0.29, 0.717) is 6.42 Å². The van der Waals surface area contributed by atoms with Gasteiger partial charge in [0.05, 0.1) is 27.6 Å². The van der Waals surface area contributed by atoms with Gasteiger partial charge < -0.3 is 9.84 Å². The molecule has 2 atom stereocenters. The number of aliphatic hydroxyl groups is 1. The quantitative estimate of drug-likeness (QED) is 0.920. The normalized spacial score (nSPS) is 17.2. The van der Waals surface area contributed by atoms with E-state index < -0.39 is 5.60 Å². The van der Waals surface area contributed by atoms with Crippen LogP contribution in [0.3, 0.4) is 0 Å². The van der Waals surface area contributed by atoms with Gasteiger partial charge in [0.1, 0.15) is 0 Å². The van der Waals surface area contributed by atoms with Crippen LogP contribution in [-0.4, -0.2) is 33.7 Å². The van der Waals surface area contributed by atoms with E-state index in [1.165, 1.54) is 0 Å². The SMILES string of the molecule is COC(C)C(C)(O)Cc1c(Br)c(C)nn1C. The van der Waals surface area contributed by atoms with E-state index in [1.54, 1.807) is 18.7 Å². The van der Waals surface area contributed by atoms with Crippen LogP contribution in [0.2, 0.25) is 0 Å². The highest BCUT2D eigenvalue weighted by Crippen LogP contribution is 2.26. The van der Waals surface area contributed by atoms with E-state index in [4.69, 9.17) is 4.74 Å². The minimum Gasteiger partial charge on any atom is -0.387 e. The predicted octanol–water partition coefficient (Wildman–Crippen LogP) is 1.82. The monoisotopic (exact) mass is 290 g/mol. The van der Waals surface area contributed by atoms with Crippen LogP contribution in [0.4, 0.5) is 0 Å². The van der Waals surface area contributed by atoms with Crippen LogP contribution in [0, 0.1) is 6.92 Å². The summed E-state index contributed by atoms with van der Waals surface area (Å²) in [5.41, 5.74) is 1.00. The second-order valence-corrected chi connectivity index (χ2v) is 5.17. The van der Waals surface area contributed by atoms with Crippen molar-refractivity contribution in [2.75, 3.05) is 7.11 Å². The van der Waals surface area contributed by atoms with Crippen molar-refractivity contribution in [3.63, 3.8) is 0 Å². The molecule has 1 aromatic heterocycles. The standard InChI is InChI=1S/C11H19BrN2O2/c1-7-10(12)9(14(4)13-7)6-11(3,15)8(2)16-5/h8,15H,6H2,1-5H3. The minimum atomic E-state index is -0.905. The fourth-order valence-electron chi connectivity index (χ4n) is 1.61. The third kappa shape index (κ3) is 2.64. The van der Waals surface area contributed by atoms with E-state index >= 15 is 0 Å². The predicted molar refractivity (Wildman–Crippen MR) is 66.4 cm³/mol. The third-order valence-corrected chi connectivity index (χ3v) is 4.05. The van der Waals surface area contributed by atoms with Gasteiger partial charge in [0.2, 0.25) is 0 Å². The first-order valence-corrected chi connectivity index (χ1v) is 6.02. The first kappa shape index (κ1) is 13.7. The molecule has 0 radical (unpaired) electrons. The summed E-state index contributed by atoms with van der Waals surface area (Å²) in [5.74, 6) is 0. The Balaban J connectivity index is 2.96. The van der Waals surface area contributed by atoms with Crippen molar-refractivity contribution in [2.45, 2.75) is 38.9 Å². The third-order valence-electron chi connectivity index (χ3n) is 3.02. The number of aromatic nitrogens is 2. The summed E-state index contributed by atoms with van der Waals surface area (Å²) in [6.07, 6.45) is 0.273. The molecule has 0 amide bonds. The molecule has 1 rings (SSSR count). The Morgan fingerprint density at radius 2 is 2.19 bits per heavy atom. The Morgan fingerprint density at radius 3 is 2.56 bits per heavy atom. The lowest BCUT2D eigenvalue weighted by Crippen LogP contribution is -2.41. The van der Waals surface area contributed by atoms with Crippen LogP contribution in [0.15, 0.2) is 4.47 Å². The van der Waals surface area contributed by atoms with Gasteiger partial charge in [-0.15, -0.1) is 0 Å². The number of aryl methyl sites for hydroxylation is 2. The van der Waals surface area contributed by atoms with E-state index in [-0.39, 0.29) is 6.10 Å². The molecule has 0 saturated carbocycles. The Kier molecular flexibility index (Phi) is 4.15. The topological polar surface area (TPSA) is 47.3 Å². The molecule has 1 N–H and O–H groups in total. The number of hydrogen-bond donors (Lipinski definition) is 1. The zero-order valence-corrected chi connectivity index (χ0v) is 12.0. The average molecular weight is 291 g/mol. The first-order chi connectivity index (χ1) is 7.29. The first-order valence-electron chi connectivity index (χ1n) is 5.22. The highest BCUT2D eigenvalue weighted by Gasteiger charge is 2.31. The molecule has 92 valence electrons. The second kappa shape index (κ2) is 4.85. The van der Waals surface area contributed by atoms with Crippen LogP contribution in [-0.2, 0) is 18.2 Å². The van der Waals surface area contributed by atoms with Crippen molar-refractivity contribution in [1.29, 1.82) is 0 Å². The molecule has 16 heavy (non-hydrogen) atoms. The summed E-state index contributed by atoms with van der Waals surface area (Å²) in [7, 11) is 3.48. The van der Waals surface area contributed by atoms with Gasteiger partial charge in [-0.25, -0.2) is 0 Å². The lowest BCUT2D eigenvalue weighted by Gasteiger charge is -2.29. The van der Waals surface area contributed by atoms with Crippen molar-refractivity contribution in [3.05, 3.63) is 15.9 Å². The molecule has 0 fully saturated rings. The van der Waals surface area contributed by atoms with E-state index in [1.807, 2.05) is 20.9 Å². The van der Waals surface area contributed by atoms with E-state index in [0.717, 1.165) is 15.9 Å². The molecule has 0 aliphatic rings. The fourth-order valence-corrected chi connectivity index (χ4v) is 2.08. The molecule has 0 aliphatic carbocycles. The van der Waals surface area contributed by atoms with Crippen LogP contribution in [0.25, 0.3) is 0 Å². The zero-order chi connectivity index (χ0) is 12.5. The number of halogens is 1. The minimum absolute atomic E-state index is 0.227. The maximum absolute atomic E-state index is 10.3. The molecule has 5 heteroatoms. The van der Waals surface area contributed by atoms with Gasteiger partial charge in [-0.05, 0) is 36.7 Å². The average Bonchev–Trinajstić information content (AvgIpc) is 2.43. The Bertz CT molecular complexity index is 374. The summed E-state index contributed by atoms with van der Waals surface area (Å²) in [6.45, 7) is 5.56. The molecule has 1 aromatic rings. The van der Waals surface area contributed by atoms with E-state index in [2.05, 4.69) is 21.0 Å². The number of rotatable bonds is 4. The van der Waals surface area contributed by atoms with Crippen molar-refractivity contribution in [2.24, 2.45) is 7.05 Å². The van der Waals surface area contributed by atoms with Crippen LogP contribution >= 0.6 is 15.9 Å². The number of ether oxygens (including phenoxy) is 1. The van der Waals surface area contributed by atoms with Crippen molar-refractivity contribution < 1.29 is 9.84 Å². The van der Waals surface area contributed by atoms with Crippen molar-refractivity contribution in [1.82, 2.24) is 9.78 Å². The van der Waals surface area contributed by atoms with Crippen molar-refractivity contribution in [3.8, 4) is 0 Å². The summed E-state index contributed by atoms with van der Waals surface area (Å²) < 4.78 is 7.92. The summed E-state index contributed by atoms with van der Waals surface area (Å²) >= 11 is 3.49. The number of nitrogens with zero attached hydrogens (tertiary/aromatic N) is 2. The van der Waals surface area contributed by atoms with Gasteiger partial charge in [0.15, 0.2) is 0 Å². The molecule has 0 spiro atoms. The Morgan fingerprint density at radius 1 is 1.62 bits per heavy atom. The maximum Gasteiger partial charge on any atom is 0.0932 e. The molecular formula is C11H19BrN2O2. The van der Waals surface area contributed by atoms with Gasteiger partial charge in [0.25, 0.3) is 0 Å². The van der Waals surface area contributed by atoms with Gasteiger partial charge in [-0.1, -0.05) is 0 Å². The summed E-state index contributed by atoms with van der Waals surface area (Å²) in [4.78, 5) is 0. The van der Waals surface area contributed by atoms with Crippen molar-refractivity contribution >= 4 is 15.9 Å². The van der Waals surface area contributed by atoms with Crippen LogP contribution in [0.1, 0.15) is 25.2 Å². The highest BCUT2D eigenvalue weighted by atomic mass is 79.9. The molecule has 0 saturated heterocycles. The largest absolute Gasteiger partial charge is 0.387 e. The second-order valence-electron chi connectivity index (χ2n) is 4.38. The number of hydrogen-bond acceptors (Lipinski definition) is 3. The summed E-state index contributed by atoms with van der Waals surface area (Å²) in [5, 5.41) is 14.6. The Hall–Kier alpha value is -0.390. The van der Waals surface area contributed by atoms with Crippen LogP contribution in [0.5, 0.6) is 0 Å². The number of methoxy groups -OCH3 is 1. The van der Waals surface area contributed by atoms with Crippen LogP contribution < -0.4 is 0 Å². The Labute approximate surface area is 105 Å². The molecule has 2 unspecified atom stereocenters. The van der Waals surface area contributed by atoms with Gasteiger partial charge in [-0.3, -0.25) is 4.68 Å². The molecule has 0 aromatic carbocycles. The maximum atomic E-state index is 10.3. The van der Waals surface area contributed by atoms with Gasteiger partial charge in [0, 0.05) is 20.6 Å². The highest BCUT2D eigenvalue weighted by molar-refractivity contribution is 9.10. The molecule has 4 nitrogen and oxygen atoms in total. The fraction of sp³-hybridized carbons (Fsp3) is 0.727. The molecule has 0 bridgehead atoms. The smallest absolute Gasteiger partial charge is 0.0932 e. The zero-order valence-electron chi connectivity index (χ0n) is 10.4. The lowest BCUT2D eigenvalue weighted by atomic mass is 9.94. The summed E-state index contributed by atoms with van der Waals surface area (Å²) in [6, 6.07) is 0. The van der Waals surface area contributed by atoms with Gasteiger partial charge in [-0.2, -0.15) is 5.10 Å². The molecule has 0 aliphatic heterocycles. The van der Waals surface area contributed by atoms with E-state index in [9.17, 15) is 5.11 Å².